The second-order valence-corrected chi connectivity index (χ2v) is 2.90. The van der Waals surface area contributed by atoms with Crippen LogP contribution in [0.2, 0.25) is 0 Å². The summed E-state index contributed by atoms with van der Waals surface area (Å²) in [5.74, 6) is 0. The van der Waals surface area contributed by atoms with Crippen LogP contribution in [0.3, 0.4) is 0 Å². The first-order valence-electron chi connectivity index (χ1n) is 3.93. The molecular weight excluding hydrogens is 168 g/mol. The normalized spacial score (nSPS) is 11.5. The van der Waals surface area contributed by atoms with Crippen LogP contribution >= 0.6 is 12.6 Å². The summed E-state index contributed by atoms with van der Waals surface area (Å²) in [5.41, 5.74) is 7.05. The molecule has 0 aliphatic heterocycles. The first kappa shape index (κ1) is 11.1. The second kappa shape index (κ2) is 5.73. The van der Waals surface area contributed by atoms with E-state index in [-0.39, 0.29) is 5.03 Å². The maximum Gasteiger partial charge on any atom is 0.102 e. The van der Waals surface area contributed by atoms with Gasteiger partial charge in [-0.15, -0.1) is 12.6 Å². The van der Waals surface area contributed by atoms with Gasteiger partial charge >= 0.3 is 0 Å². The maximum absolute atomic E-state index is 8.66. The van der Waals surface area contributed by atoms with Crippen LogP contribution in [-0.2, 0) is 0 Å². The fraction of sp³-hybridized carbons (Fsp3) is 0.444. The fourth-order valence-electron chi connectivity index (χ4n) is 0.822. The van der Waals surface area contributed by atoms with E-state index >= 15 is 0 Å². The minimum absolute atomic E-state index is 0.289. The van der Waals surface area contributed by atoms with E-state index < -0.39 is 0 Å². The molecular formula is C9H14N2S. The van der Waals surface area contributed by atoms with Gasteiger partial charge in [-0.1, -0.05) is 19.4 Å². The van der Waals surface area contributed by atoms with Gasteiger partial charge in [0.15, 0.2) is 0 Å². The molecule has 0 rings (SSSR count). The van der Waals surface area contributed by atoms with Crippen molar-refractivity contribution in [1.29, 1.82) is 5.26 Å². The Balaban J connectivity index is 4.72. The summed E-state index contributed by atoms with van der Waals surface area (Å²) in [4.78, 5) is 0. The molecule has 0 atom stereocenters. The molecule has 0 aromatic rings. The summed E-state index contributed by atoms with van der Waals surface area (Å²) in [6.45, 7) is 4.11. The van der Waals surface area contributed by atoms with E-state index in [0.717, 1.165) is 12.8 Å². The van der Waals surface area contributed by atoms with Crippen LogP contribution in [0.1, 0.15) is 26.7 Å². The van der Waals surface area contributed by atoms with Crippen molar-refractivity contribution in [2.24, 2.45) is 5.73 Å². The topological polar surface area (TPSA) is 49.8 Å². The SMILES string of the molecule is CCC(=C/C(C#N)=C(\N)S)CC. The molecule has 0 spiro atoms. The van der Waals surface area contributed by atoms with Crippen molar-refractivity contribution >= 4 is 12.6 Å². The number of nitrogens with two attached hydrogens (primary N) is 1. The molecule has 0 aliphatic carbocycles. The van der Waals surface area contributed by atoms with Crippen LogP contribution in [0.4, 0.5) is 0 Å². The monoisotopic (exact) mass is 182 g/mol. The van der Waals surface area contributed by atoms with Gasteiger partial charge in [-0.25, -0.2) is 0 Å². The highest BCUT2D eigenvalue weighted by Gasteiger charge is 1.97. The van der Waals surface area contributed by atoms with E-state index in [4.69, 9.17) is 11.0 Å². The van der Waals surface area contributed by atoms with E-state index in [1.54, 1.807) is 0 Å². The molecule has 2 N–H and O–H groups in total. The highest BCUT2D eigenvalue weighted by atomic mass is 32.1. The molecule has 0 saturated carbocycles. The largest absolute Gasteiger partial charge is 0.393 e. The van der Waals surface area contributed by atoms with Crippen LogP contribution < -0.4 is 5.73 Å². The zero-order valence-electron chi connectivity index (χ0n) is 7.46. The molecule has 3 heteroatoms. The van der Waals surface area contributed by atoms with Gasteiger partial charge in [0, 0.05) is 0 Å². The number of hydrogen-bond acceptors (Lipinski definition) is 3. The molecule has 0 amide bonds. The molecule has 12 heavy (non-hydrogen) atoms. The van der Waals surface area contributed by atoms with Crippen molar-refractivity contribution in [3.05, 3.63) is 22.3 Å². The fourth-order valence-corrected chi connectivity index (χ4v) is 0.936. The average Bonchev–Trinajstić information content (AvgIpc) is 2.06. The van der Waals surface area contributed by atoms with Gasteiger partial charge in [0.05, 0.1) is 10.6 Å². The molecule has 0 unspecified atom stereocenters. The van der Waals surface area contributed by atoms with Gasteiger partial charge in [-0.2, -0.15) is 5.26 Å². The Bertz CT molecular complexity index is 236. The lowest BCUT2D eigenvalue weighted by Gasteiger charge is -1.99. The molecule has 0 bridgehead atoms. The van der Waals surface area contributed by atoms with Crippen molar-refractivity contribution in [1.82, 2.24) is 0 Å². The van der Waals surface area contributed by atoms with Crippen molar-refractivity contribution in [3.63, 3.8) is 0 Å². The smallest absolute Gasteiger partial charge is 0.102 e. The van der Waals surface area contributed by atoms with E-state index in [1.165, 1.54) is 5.57 Å². The van der Waals surface area contributed by atoms with Crippen LogP contribution in [0.5, 0.6) is 0 Å². The zero-order valence-corrected chi connectivity index (χ0v) is 8.36. The van der Waals surface area contributed by atoms with Crippen LogP contribution in [0.15, 0.2) is 22.3 Å². The lowest BCUT2D eigenvalue weighted by Crippen LogP contribution is -1.93. The van der Waals surface area contributed by atoms with E-state index in [2.05, 4.69) is 26.5 Å². The third-order valence-corrected chi connectivity index (χ3v) is 1.89. The number of rotatable bonds is 3. The van der Waals surface area contributed by atoms with Gasteiger partial charge < -0.3 is 5.73 Å². The highest BCUT2D eigenvalue weighted by Crippen LogP contribution is 2.12. The van der Waals surface area contributed by atoms with Crippen molar-refractivity contribution in [2.75, 3.05) is 0 Å². The van der Waals surface area contributed by atoms with Crippen LogP contribution in [0, 0.1) is 11.3 Å². The molecule has 2 nitrogen and oxygen atoms in total. The minimum Gasteiger partial charge on any atom is -0.393 e. The van der Waals surface area contributed by atoms with Crippen LogP contribution in [-0.4, -0.2) is 0 Å². The second-order valence-electron chi connectivity index (χ2n) is 2.42. The molecule has 66 valence electrons. The van der Waals surface area contributed by atoms with Gasteiger partial charge in [0.2, 0.25) is 0 Å². The molecule has 0 fully saturated rings. The number of thiol groups is 1. The number of hydrogen-bond donors (Lipinski definition) is 2. The summed E-state index contributed by atoms with van der Waals surface area (Å²) in [6, 6.07) is 2.00. The first-order chi connectivity index (χ1) is 5.65. The standard InChI is InChI=1S/C9H14N2S/c1-3-7(4-2)5-8(6-10)9(11)12/h5,12H,3-4,11H2,1-2H3/b9-8-. The Morgan fingerprint density at radius 3 is 2.25 bits per heavy atom. The Morgan fingerprint density at radius 2 is 2.00 bits per heavy atom. The van der Waals surface area contributed by atoms with Gasteiger partial charge in [0.1, 0.15) is 6.07 Å². The molecule has 0 radical (unpaired) electrons. The average molecular weight is 182 g/mol. The summed E-state index contributed by atoms with van der Waals surface area (Å²) in [5, 5.41) is 8.94. The van der Waals surface area contributed by atoms with Crippen molar-refractivity contribution in [2.45, 2.75) is 26.7 Å². The molecule has 0 saturated heterocycles. The van der Waals surface area contributed by atoms with Gasteiger partial charge in [0.25, 0.3) is 0 Å². The first-order valence-corrected chi connectivity index (χ1v) is 4.38. The highest BCUT2D eigenvalue weighted by molar-refractivity contribution is 7.84. The Kier molecular flexibility index (Phi) is 5.31. The van der Waals surface area contributed by atoms with Crippen LogP contribution in [0.25, 0.3) is 0 Å². The predicted molar refractivity (Wildman–Crippen MR) is 54.5 cm³/mol. The number of allylic oxidation sites excluding steroid dienone is 3. The predicted octanol–water partition coefficient (Wildman–Crippen LogP) is 2.36. The van der Waals surface area contributed by atoms with Gasteiger partial charge in [-0.3, -0.25) is 0 Å². The van der Waals surface area contributed by atoms with Crippen molar-refractivity contribution in [3.8, 4) is 6.07 Å². The summed E-state index contributed by atoms with van der Waals surface area (Å²) in [6.07, 6.45) is 3.70. The lowest BCUT2D eigenvalue weighted by molar-refractivity contribution is 0.975. The maximum atomic E-state index is 8.66. The van der Waals surface area contributed by atoms with E-state index in [1.807, 2.05) is 12.1 Å². The zero-order chi connectivity index (χ0) is 9.56. The number of nitrogens with zero attached hydrogens (tertiary/aromatic N) is 1. The molecule has 0 aliphatic rings. The Morgan fingerprint density at radius 1 is 1.50 bits per heavy atom. The van der Waals surface area contributed by atoms with E-state index in [9.17, 15) is 0 Å². The third kappa shape index (κ3) is 3.49. The Labute approximate surface area is 79.2 Å². The Hall–Kier alpha value is -0.880. The van der Waals surface area contributed by atoms with Crippen molar-refractivity contribution < 1.29 is 0 Å². The summed E-state index contributed by atoms with van der Waals surface area (Å²) >= 11 is 3.92. The summed E-state index contributed by atoms with van der Waals surface area (Å²) < 4.78 is 0. The summed E-state index contributed by atoms with van der Waals surface area (Å²) in [7, 11) is 0. The lowest BCUT2D eigenvalue weighted by atomic mass is 10.1. The molecule has 0 heterocycles. The van der Waals surface area contributed by atoms with E-state index in [0.29, 0.717) is 5.57 Å². The minimum atomic E-state index is 0.289. The number of nitriles is 1. The molecule has 0 aromatic heterocycles. The van der Waals surface area contributed by atoms with Gasteiger partial charge in [-0.05, 0) is 18.9 Å². The quantitative estimate of drug-likeness (QED) is 0.400. The third-order valence-electron chi connectivity index (χ3n) is 1.65. The molecule has 0 aromatic carbocycles.